The third-order valence-corrected chi connectivity index (χ3v) is 3.98. The quantitative estimate of drug-likeness (QED) is 0.886. The molecule has 0 atom stereocenters. The summed E-state index contributed by atoms with van der Waals surface area (Å²) in [6.07, 6.45) is 8.00. The Morgan fingerprint density at radius 1 is 1.22 bits per heavy atom. The Morgan fingerprint density at radius 2 is 1.96 bits per heavy atom. The summed E-state index contributed by atoms with van der Waals surface area (Å²) in [7, 11) is 0. The Morgan fingerprint density at radius 3 is 2.70 bits per heavy atom. The van der Waals surface area contributed by atoms with Crippen LogP contribution in [0.15, 0.2) is 30.6 Å². The molecule has 0 saturated heterocycles. The van der Waals surface area contributed by atoms with Crippen LogP contribution >= 0.6 is 0 Å². The van der Waals surface area contributed by atoms with Gasteiger partial charge in [-0.15, -0.1) is 0 Å². The summed E-state index contributed by atoms with van der Waals surface area (Å²) in [6, 6.07) is 5.87. The Balaban J connectivity index is 1.67. The highest BCUT2D eigenvalue weighted by atomic mass is 16.1. The van der Waals surface area contributed by atoms with E-state index in [1.807, 2.05) is 12.1 Å². The zero-order chi connectivity index (χ0) is 16.1. The maximum Gasteiger partial charge on any atom is 0.270 e. The monoisotopic (exact) mass is 311 g/mol. The number of hydrogen-bond donors (Lipinski definition) is 2. The van der Waals surface area contributed by atoms with Crippen LogP contribution in [0.25, 0.3) is 0 Å². The number of amides is 1. The molecule has 6 nitrogen and oxygen atoms in total. The SMILES string of the molecule is Cc1nc(NCc2ccncc2)cc(C(=O)NC2CCCC2)n1. The van der Waals surface area contributed by atoms with E-state index in [0.717, 1.165) is 18.4 Å². The van der Waals surface area contributed by atoms with Crippen molar-refractivity contribution in [2.75, 3.05) is 5.32 Å². The molecule has 23 heavy (non-hydrogen) atoms. The molecule has 120 valence electrons. The molecule has 1 fully saturated rings. The van der Waals surface area contributed by atoms with Crippen LogP contribution in [0.1, 0.15) is 47.6 Å². The Kier molecular flexibility index (Phi) is 4.80. The number of aryl methyl sites for hydroxylation is 1. The maximum atomic E-state index is 12.3. The van der Waals surface area contributed by atoms with Crippen molar-refractivity contribution in [3.8, 4) is 0 Å². The van der Waals surface area contributed by atoms with E-state index in [1.165, 1.54) is 12.8 Å². The first kappa shape index (κ1) is 15.4. The molecule has 1 aliphatic carbocycles. The zero-order valence-corrected chi connectivity index (χ0v) is 13.2. The summed E-state index contributed by atoms with van der Waals surface area (Å²) in [4.78, 5) is 24.9. The van der Waals surface area contributed by atoms with Gasteiger partial charge in [0, 0.05) is 31.0 Å². The van der Waals surface area contributed by atoms with Gasteiger partial charge in [0.1, 0.15) is 17.3 Å². The lowest BCUT2D eigenvalue weighted by molar-refractivity contribution is 0.0932. The van der Waals surface area contributed by atoms with Crippen LogP contribution in [0.5, 0.6) is 0 Å². The fourth-order valence-corrected chi connectivity index (χ4v) is 2.80. The van der Waals surface area contributed by atoms with Crippen LogP contribution in [0.4, 0.5) is 5.82 Å². The van der Waals surface area contributed by atoms with Crippen LogP contribution < -0.4 is 10.6 Å². The highest BCUT2D eigenvalue weighted by molar-refractivity contribution is 5.93. The van der Waals surface area contributed by atoms with Crippen LogP contribution in [0.2, 0.25) is 0 Å². The number of aromatic nitrogens is 3. The van der Waals surface area contributed by atoms with Crippen molar-refractivity contribution >= 4 is 11.7 Å². The van der Waals surface area contributed by atoms with Gasteiger partial charge in [0.25, 0.3) is 5.91 Å². The van der Waals surface area contributed by atoms with Crippen LogP contribution in [0.3, 0.4) is 0 Å². The van der Waals surface area contributed by atoms with Crippen molar-refractivity contribution in [3.63, 3.8) is 0 Å². The fraction of sp³-hybridized carbons (Fsp3) is 0.412. The molecular weight excluding hydrogens is 290 g/mol. The topological polar surface area (TPSA) is 79.8 Å². The zero-order valence-electron chi connectivity index (χ0n) is 13.2. The third-order valence-electron chi connectivity index (χ3n) is 3.98. The largest absolute Gasteiger partial charge is 0.366 e. The predicted molar refractivity (Wildman–Crippen MR) is 88.1 cm³/mol. The second kappa shape index (κ2) is 7.17. The van der Waals surface area contributed by atoms with Crippen molar-refractivity contribution in [2.45, 2.75) is 45.2 Å². The number of carbonyl (C=O) groups is 1. The van der Waals surface area contributed by atoms with Gasteiger partial charge in [0.05, 0.1) is 0 Å². The smallest absolute Gasteiger partial charge is 0.270 e. The molecule has 0 unspecified atom stereocenters. The standard InChI is InChI=1S/C17H21N5O/c1-12-20-15(17(23)22-14-4-2-3-5-14)10-16(21-12)19-11-13-6-8-18-9-7-13/h6-10,14H,2-5,11H2,1H3,(H,22,23)(H,19,20,21). The highest BCUT2D eigenvalue weighted by Gasteiger charge is 2.19. The van der Waals surface area contributed by atoms with Gasteiger partial charge in [-0.05, 0) is 37.5 Å². The number of rotatable bonds is 5. The summed E-state index contributed by atoms with van der Waals surface area (Å²) < 4.78 is 0. The molecule has 1 amide bonds. The molecule has 0 radical (unpaired) electrons. The van der Waals surface area contributed by atoms with Crippen molar-refractivity contribution in [1.82, 2.24) is 20.3 Å². The van der Waals surface area contributed by atoms with E-state index in [2.05, 4.69) is 25.6 Å². The van der Waals surface area contributed by atoms with Crippen molar-refractivity contribution in [1.29, 1.82) is 0 Å². The van der Waals surface area contributed by atoms with Crippen LogP contribution in [0, 0.1) is 6.92 Å². The second-order valence-corrected chi connectivity index (χ2v) is 5.85. The van der Waals surface area contributed by atoms with Gasteiger partial charge in [-0.25, -0.2) is 9.97 Å². The molecule has 2 N–H and O–H groups in total. The van der Waals surface area contributed by atoms with E-state index >= 15 is 0 Å². The molecule has 1 aliphatic rings. The first-order chi connectivity index (χ1) is 11.2. The lowest BCUT2D eigenvalue weighted by atomic mass is 10.2. The van der Waals surface area contributed by atoms with E-state index in [4.69, 9.17) is 0 Å². The number of carbonyl (C=O) groups excluding carboxylic acids is 1. The van der Waals surface area contributed by atoms with Gasteiger partial charge >= 0.3 is 0 Å². The van der Waals surface area contributed by atoms with E-state index in [-0.39, 0.29) is 11.9 Å². The summed E-state index contributed by atoms with van der Waals surface area (Å²) in [5.41, 5.74) is 1.52. The van der Waals surface area contributed by atoms with Gasteiger partial charge in [-0.1, -0.05) is 12.8 Å². The Hall–Kier alpha value is -2.50. The summed E-state index contributed by atoms with van der Waals surface area (Å²) in [5, 5.41) is 6.29. The minimum atomic E-state index is -0.116. The van der Waals surface area contributed by atoms with Gasteiger partial charge < -0.3 is 10.6 Å². The molecular formula is C17H21N5O. The average molecular weight is 311 g/mol. The average Bonchev–Trinajstić information content (AvgIpc) is 3.06. The van der Waals surface area contributed by atoms with Crippen molar-refractivity contribution in [2.24, 2.45) is 0 Å². The first-order valence-electron chi connectivity index (χ1n) is 8.00. The molecule has 2 heterocycles. The van der Waals surface area contributed by atoms with Crippen molar-refractivity contribution < 1.29 is 4.79 Å². The summed E-state index contributed by atoms with van der Waals surface area (Å²) >= 11 is 0. The maximum absolute atomic E-state index is 12.3. The van der Waals surface area contributed by atoms with E-state index in [0.29, 0.717) is 23.9 Å². The number of anilines is 1. The molecule has 3 rings (SSSR count). The van der Waals surface area contributed by atoms with Gasteiger partial charge in [0.2, 0.25) is 0 Å². The number of nitrogens with zero attached hydrogens (tertiary/aromatic N) is 3. The highest BCUT2D eigenvalue weighted by Crippen LogP contribution is 2.18. The molecule has 0 aromatic carbocycles. The molecule has 0 bridgehead atoms. The second-order valence-electron chi connectivity index (χ2n) is 5.85. The number of nitrogens with one attached hydrogen (secondary N) is 2. The molecule has 2 aromatic rings. The Bertz CT molecular complexity index is 668. The fourth-order valence-electron chi connectivity index (χ4n) is 2.80. The lowest BCUT2D eigenvalue weighted by Gasteiger charge is -2.13. The normalized spacial score (nSPS) is 14.7. The number of pyridine rings is 1. The van der Waals surface area contributed by atoms with E-state index in [9.17, 15) is 4.79 Å². The minimum absolute atomic E-state index is 0.116. The van der Waals surface area contributed by atoms with Gasteiger partial charge in [0.15, 0.2) is 0 Å². The molecule has 0 aliphatic heterocycles. The van der Waals surface area contributed by atoms with E-state index in [1.54, 1.807) is 25.4 Å². The third kappa shape index (κ3) is 4.25. The summed E-state index contributed by atoms with van der Waals surface area (Å²) in [5.74, 6) is 1.13. The number of hydrogen-bond acceptors (Lipinski definition) is 5. The first-order valence-corrected chi connectivity index (χ1v) is 8.00. The van der Waals surface area contributed by atoms with Crippen LogP contribution in [-0.2, 0) is 6.54 Å². The Labute approximate surface area is 135 Å². The molecule has 1 saturated carbocycles. The van der Waals surface area contributed by atoms with Crippen LogP contribution in [-0.4, -0.2) is 26.9 Å². The van der Waals surface area contributed by atoms with E-state index < -0.39 is 0 Å². The van der Waals surface area contributed by atoms with Gasteiger partial charge in [-0.3, -0.25) is 9.78 Å². The molecule has 2 aromatic heterocycles. The minimum Gasteiger partial charge on any atom is -0.366 e. The molecule has 0 spiro atoms. The van der Waals surface area contributed by atoms with Crippen molar-refractivity contribution in [3.05, 3.63) is 47.7 Å². The predicted octanol–water partition coefficient (Wildman–Crippen LogP) is 2.46. The lowest BCUT2D eigenvalue weighted by Crippen LogP contribution is -2.33. The summed E-state index contributed by atoms with van der Waals surface area (Å²) in [6.45, 7) is 2.42. The molecule has 6 heteroatoms. The van der Waals surface area contributed by atoms with Gasteiger partial charge in [-0.2, -0.15) is 0 Å².